The summed E-state index contributed by atoms with van der Waals surface area (Å²) in [6, 6.07) is 0. The Balaban J connectivity index is 4.10. The van der Waals surface area contributed by atoms with Gasteiger partial charge in [0.25, 0.3) is 0 Å². The van der Waals surface area contributed by atoms with Crippen LogP contribution in [0.4, 0.5) is 0 Å². The first kappa shape index (κ1) is 25.6. The number of unbranched alkanes of at least 4 members (excludes halogenated alkanes) is 2. The summed E-state index contributed by atoms with van der Waals surface area (Å²) in [7, 11) is 0. The lowest BCUT2D eigenvalue weighted by Gasteiger charge is -2.22. The van der Waals surface area contributed by atoms with E-state index in [-0.39, 0.29) is 16.7 Å². The van der Waals surface area contributed by atoms with Gasteiger partial charge >= 0.3 is 0 Å². The number of carbonyl (C=O) groups is 2. The summed E-state index contributed by atoms with van der Waals surface area (Å²) in [5.74, 6) is 1.55. The van der Waals surface area contributed by atoms with Gasteiger partial charge in [-0.25, -0.2) is 0 Å². The van der Waals surface area contributed by atoms with Gasteiger partial charge in [0.05, 0.1) is 4.87 Å². The number of nitrogens with one attached hydrogen (secondary N) is 2. The lowest BCUT2D eigenvalue weighted by molar-refractivity contribution is -0.121. The second-order valence-corrected chi connectivity index (χ2v) is 9.12. The molecule has 0 saturated carbocycles. The molecule has 4 N–H and O–H groups in total. The van der Waals surface area contributed by atoms with Gasteiger partial charge in [0.1, 0.15) is 0 Å². The van der Waals surface area contributed by atoms with Crippen molar-refractivity contribution in [2.45, 2.75) is 57.7 Å². The maximum Gasteiger partial charge on any atom is 0.221 e. The van der Waals surface area contributed by atoms with Crippen LogP contribution in [0.2, 0.25) is 0 Å². The molecule has 0 saturated heterocycles. The zero-order valence-electron chi connectivity index (χ0n) is 16.7. The number of rotatable bonds is 16. The molecule has 0 unspecified atom stereocenters. The molecule has 6 nitrogen and oxygen atoms in total. The summed E-state index contributed by atoms with van der Waals surface area (Å²) in [5, 5.41) is 5.77. The SMILES string of the molecule is CCCCCN(CCC(=O)NCCS)CCC(=O)NCCSC(C)(C)N. The van der Waals surface area contributed by atoms with E-state index in [0.717, 1.165) is 25.1 Å². The summed E-state index contributed by atoms with van der Waals surface area (Å²) in [6.45, 7) is 9.61. The van der Waals surface area contributed by atoms with Crippen molar-refractivity contribution in [3.8, 4) is 0 Å². The highest BCUT2D eigenvalue weighted by Crippen LogP contribution is 2.16. The molecule has 0 atom stereocenters. The third kappa shape index (κ3) is 17.0. The number of amides is 2. The van der Waals surface area contributed by atoms with Crippen molar-refractivity contribution < 1.29 is 9.59 Å². The van der Waals surface area contributed by atoms with Crippen molar-refractivity contribution in [2.75, 3.05) is 44.2 Å². The smallest absolute Gasteiger partial charge is 0.221 e. The molecule has 0 bridgehead atoms. The minimum absolute atomic E-state index is 0.0467. The maximum atomic E-state index is 12.0. The quantitative estimate of drug-likeness (QED) is 0.178. The molecule has 0 rings (SSSR count). The molecule has 0 fully saturated rings. The fraction of sp³-hybridized carbons (Fsp3) is 0.889. The topological polar surface area (TPSA) is 87.5 Å². The molecule has 0 spiro atoms. The second kappa shape index (κ2) is 15.6. The van der Waals surface area contributed by atoms with Gasteiger partial charge in [-0.3, -0.25) is 9.59 Å². The van der Waals surface area contributed by atoms with Crippen molar-refractivity contribution in [1.82, 2.24) is 15.5 Å². The molecular formula is C18H38N4O2S2. The molecule has 0 aliphatic carbocycles. The predicted molar refractivity (Wildman–Crippen MR) is 116 cm³/mol. The van der Waals surface area contributed by atoms with Crippen molar-refractivity contribution in [1.29, 1.82) is 0 Å². The molecule has 0 aliphatic rings. The van der Waals surface area contributed by atoms with E-state index in [1.165, 1.54) is 6.42 Å². The molecule has 8 heteroatoms. The molecular weight excluding hydrogens is 368 g/mol. The first-order chi connectivity index (χ1) is 12.3. The summed E-state index contributed by atoms with van der Waals surface area (Å²) in [5.41, 5.74) is 5.90. The Morgan fingerprint density at radius 2 is 1.62 bits per heavy atom. The number of nitrogens with two attached hydrogens (primary N) is 1. The Morgan fingerprint density at radius 3 is 2.12 bits per heavy atom. The zero-order valence-corrected chi connectivity index (χ0v) is 18.4. The lowest BCUT2D eigenvalue weighted by Crippen LogP contribution is -2.36. The second-order valence-electron chi connectivity index (χ2n) is 6.92. The summed E-state index contributed by atoms with van der Waals surface area (Å²) >= 11 is 5.72. The monoisotopic (exact) mass is 406 g/mol. The van der Waals surface area contributed by atoms with E-state index in [1.54, 1.807) is 11.8 Å². The van der Waals surface area contributed by atoms with Crippen molar-refractivity contribution in [3.63, 3.8) is 0 Å². The third-order valence-electron chi connectivity index (χ3n) is 3.72. The normalized spacial score (nSPS) is 11.6. The molecule has 0 aliphatic heterocycles. The van der Waals surface area contributed by atoms with Gasteiger partial charge in [-0.2, -0.15) is 12.6 Å². The first-order valence-electron chi connectivity index (χ1n) is 9.58. The van der Waals surface area contributed by atoms with Crippen LogP contribution in [0.15, 0.2) is 0 Å². The Hall–Kier alpha value is -0.440. The summed E-state index contributed by atoms with van der Waals surface area (Å²) < 4.78 is 0. The van der Waals surface area contributed by atoms with Crippen LogP contribution >= 0.6 is 24.4 Å². The van der Waals surface area contributed by atoms with E-state index in [4.69, 9.17) is 5.73 Å². The van der Waals surface area contributed by atoms with Gasteiger partial charge in [0.2, 0.25) is 11.8 Å². The molecule has 0 aromatic heterocycles. The van der Waals surface area contributed by atoms with Gasteiger partial charge in [-0.15, -0.1) is 11.8 Å². The highest BCUT2D eigenvalue weighted by molar-refractivity contribution is 8.00. The third-order valence-corrected chi connectivity index (χ3v) is 5.10. The Labute approximate surface area is 169 Å². The fourth-order valence-electron chi connectivity index (χ4n) is 2.32. The maximum absolute atomic E-state index is 12.0. The minimum atomic E-state index is -0.270. The highest BCUT2D eigenvalue weighted by Gasteiger charge is 2.12. The van der Waals surface area contributed by atoms with E-state index >= 15 is 0 Å². The average molecular weight is 407 g/mol. The fourth-order valence-corrected chi connectivity index (χ4v) is 3.16. The van der Waals surface area contributed by atoms with E-state index < -0.39 is 0 Å². The number of hydrogen-bond acceptors (Lipinski definition) is 6. The molecule has 154 valence electrons. The summed E-state index contributed by atoms with van der Waals surface area (Å²) in [6.07, 6.45) is 4.34. The van der Waals surface area contributed by atoms with E-state index in [2.05, 4.69) is 35.1 Å². The molecule has 0 aromatic rings. The lowest BCUT2D eigenvalue weighted by atomic mass is 10.2. The van der Waals surface area contributed by atoms with Gasteiger partial charge < -0.3 is 21.3 Å². The Morgan fingerprint density at radius 1 is 1.04 bits per heavy atom. The zero-order chi connectivity index (χ0) is 19.8. The molecule has 0 heterocycles. The van der Waals surface area contributed by atoms with Crippen molar-refractivity contribution >= 4 is 36.2 Å². The molecule has 2 amide bonds. The minimum Gasteiger partial charge on any atom is -0.355 e. The van der Waals surface area contributed by atoms with Crippen molar-refractivity contribution in [2.24, 2.45) is 5.73 Å². The van der Waals surface area contributed by atoms with Crippen molar-refractivity contribution in [3.05, 3.63) is 0 Å². The van der Waals surface area contributed by atoms with Gasteiger partial charge in [-0.05, 0) is 26.8 Å². The van der Waals surface area contributed by atoms with Crippen LogP contribution in [0.25, 0.3) is 0 Å². The average Bonchev–Trinajstić information content (AvgIpc) is 2.58. The van der Waals surface area contributed by atoms with Gasteiger partial charge in [0.15, 0.2) is 0 Å². The number of carbonyl (C=O) groups excluding carboxylic acids is 2. The first-order valence-corrected chi connectivity index (χ1v) is 11.2. The molecule has 0 radical (unpaired) electrons. The van der Waals surface area contributed by atoms with Gasteiger partial charge in [-0.1, -0.05) is 19.8 Å². The van der Waals surface area contributed by atoms with Crippen LogP contribution in [0, 0.1) is 0 Å². The van der Waals surface area contributed by atoms with E-state index in [1.807, 2.05) is 13.8 Å². The Kier molecular flexibility index (Phi) is 15.3. The van der Waals surface area contributed by atoms with Crippen LogP contribution < -0.4 is 16.4 Å². The molecule has 0 aromatic carbocycles. The number of nitrogens with zero attached hydrogens (tertiary/aromatic N) is 1. The van der Waals surface area contributed by atoms with Crippen LogP contribution in [0.5, 0.6) is 0 Å². The predicted octanol–water partition coefficient (Wildman–Crippen LogP) is 1.85. The Bertz CT molecular complexity index is 390. The largest absolute Gasteiger partial charge is 0.355 e. The number of thioether (sulfide) groups is 1. The number of hydrogen-bond donors (Lipinski definition) is 4. The van der Waals surface area contributed by atoms with Crippen LogP contribution in [0.1, 0.15) is 52.9 Å². The van der Waals surface area contributed by atoms with Crippen LogP contribution in [0.3, 0.4) is 0 Å². The van der Waals surface area contributed by atoms with Crippen LogP contribution in [-0.4, -0.2) is 65.8 Å². The van der Waals surface area contributed by atoms with E-state index in [0.29, 0.717) is 44.8 Å². The van der Waals surface area contributed by atoms with Crippen LogP contribution in [-0.2, 0) is 9.59 Å². The highest BCUT2D eigenvalue weighted by atomic mass is 32.2. The number of thiol groups is 1. The van der Waals surface area contributed by atoms with Gasteiger partial charge in [0, 0.05) is 50.5 Å². The summed E-state index contributed by atoms with van der Waals surface area (Å²) in [4.78, 5) is 25.7. The standard InChI is InChI=1S/C18H38N4O2S2/c1-4-5-6-11-22(12-7-16(23)20-9-14-25)13-8-17(24)21-10-15-26-18(2,3)19/h25H,4-15,19H2,1-3H3,(H,20,23)(H,21,24). The molecule has 26 heavy (non-hydrogen) atoms. The van der Waals surface area contributed by atoms with E-state index in [9.17, 15) is 9.59 Å².